The van der Waals surface area contributed by atoms with Crippen LogP contribution in [0, 0.1) is 0 Å². The van der Waals surface area contributed by atoms with E-state index in [1.54, 1.807) is 0 Å². The predicted molar refractivity (Wildman–Crippen MR) is 96.2 cm³/mol. The number of nitrogens with one attached hydrogen (secondary N) is 2. The summed E-state index contributed by atoms with van der Waals surface area (Å²) in [5.41, 5.74) is 0.991. The Hall–Kier alpha value is -1.56. The van der Waals surface area contributed by atoms with Gasteiger partial charge in [-0.15, -0.1) is 0 Å². The zero-order valence-electron chi connectivity index (χ0n) is 15.2. The summed E-state index contributed by atoms with van der Waals surface area (Å²) in [7, 11) is 0. The van der Waals surface area contributed by atoms with Gasteiger partial charge >= 0.3 is 0 Å². The van der Waals surface area contributed by atoms with Gasteiger partial charge in [-0.2, -0.15) is 0 Å². The molecule has 0 amide bonds. The van der Waals surface area contributed by atoms with Crippen molar-refractivity contribution in [1.29, 1.82) is 0 Å². The van der Waals surface area contributed by atoms with E-state index in [1.807, 2.05) is 6.07 Å². The number of aliphatic imine (C=N–C) groups is 1. The molecule has 6 heteroatoms. The van der Waals surface area contributed by atoms with Crippen LogP contribution in [0.1, 0.15) is 63.8 Å². The third-order valence-electron chi connectivity index (χ3n) is 4.84. The highest BCUT2D eigenvalue weighted by Crippen LogP contribution is 2.29. The van der Waals surface area contributed by atoms with Crippen LogP contribution in [-0.2, 0) is 6.54 Å². The molecule has 0 spiro atoms. The van der Waals surface area contributed by atoms with E-state index in [2.05, 4.69) is 46.5 Å². The first-order chi connectivity index (χ1) is 11.7. The predicted octanol–water partition coefficient (Wildman–Crippen LogP) is 2.48. The van der Waals surface area contributed by atoms with Crippen LogP contribution in [0.3, 0.4) is 0 Å². The van der Waals surface area contributed by atoms with Crippen LogP contribution in [0.4, 0.5) is 0 Å². The number of piperidine rings is 1. The van der Waals surface area contributed by atoms with E-state index in [4.69, 9.17) is 4.52 Å². The molecule has 2 heterocycles. The molecule has 1 saturated carbocycles. The van der Waals surface area contributed by atoms with E-state index >= 15 is 0 Å². The van der Waals surface area contributed by atoms with Gasteiger partial charge in [0.25, 0.3) is 0 Å². The van der Waals surface area contributed by atoms with Crippen molar-refractivity contribution in [1.82, 2.24) is 20.7 Å². The van der Waals surface area contributed by atoms with Gasteiger partial charge in [0.2, 0.25) is 0 Å². The summed E-state index contributed by atoms with van der Waals surface area (Å²) in [5.74, 6) is 2.08. The van der Waals surface area contributed by atoms with Crippen molar-refractivity contribution in [3.05, 3.63) is 17.5 Å². The third kappa shape index (κ3) is 4.72. The fourth-order valence-electron chi connectivity index (χ4n) is 3.19. The highest BCUT2D eigenvalue weighted by molar-refractivity contribution is 5.80. The molecule has 1 saturated heterocycles. The number of rotatable bonds is 6. The van der Waals surface area contributed by atoms with E-state index in [-0.39, 0.29) is 0 Å². The number of aromatic nitrogens is 1. The minimum Gasteiger partial charge on any atom is -0.359 e. The molecule has 2 fully saturated rings. The van der Waals surface area contributed by atoms with Gasteiger partial charge in [-0.05, 0) is 38.5 Å². The summed E-state index contributed by atoms with van der Waals surface area (Å²) in [6.45, 7) is 10.1. The Kier molecular flexibility index (Phi) is 5.76. The van der Waals surface area contributed by atoms with Crippen molar-refractivity contribution >= 4 is 5.96 Å². The van der Waals surface area contributed by atoms with E-state index in [0.717, 1.165) is 30.0 Å². The van der Waals surface area contributed by atoms with Crippen molar-refractivity contribution in [2.24, 2.45) is 4.99 Å². The Labute approximate surface area is 145 Å². The first-order valence-electron chi connectivity index (χ1n) is 9.40. The summed E-state index contributed by atoms with van der Waals surface area (Å²) >= 11 is 0. The molecule has 1 aliphatic heterocycles. The van der Waals surface area contributed by atoms with Gasteiger partial charge in [0.05, 0.1) is 5.69 Å². The monoisotopic (exact) mass is 333 g/mol. The highest BCUT2D eigenvalue weighted by atomic mass is 16.5. The fraction of sp³-hybridized carbons (Fsp3) is 0.778. The lowest BCUT2D eigenvalue weighted by Gasteiger charge is -2.33. The zero-order valence-corrected chi connectivity index (χ0v) is 15.2. The molecule has 0 aromatic carbocycles. The van der Waals surface area contributed by atoms with Gasteiger partial charge in [-0.25, -0.2) is 4.99 Å². The van der Waals surface area contributed by atoms with Gasteiger partial charge in [0.15, 0.2) is 11.7 Å². The van der Waals surface area contributed by atoms with Crippen molar-refractivity contribution < 1.29 is 4.52 Å². The smallest absolute Gasteiger partial charge is 0.191 e. The zero-order chi connectivity index (χ0) is 16.9. The lowest BCUT2D eigenvalue weighted by atomic mass is 10.1. The molecule has 0 radical (unpaired) electrons. The van der Waals surface area contributed by atoms with E-state index < -0.39 is 0 Å². The second-order valence-corrected chi connectivity index (χ2v) is 7.25. The van der Waals surface area contributed by atoms with E-state index in [9.17, 15) is 0 Å². The Bertz CT molecular complexity index is 541. The quantitative estimate of drug-likeness (QED) is 0.618. The first kappa shape index (κ1) is 17.3. The molecule has 3 rings (SSSR count). The van der Waals surface area contributed by atoms with Gasteiger partial charge in [-0.1, -0.05) is 19.0 Å². The molecule has 1 aromatic heterocycles. The number of hydrogen-bond acceptors (Lipinski definition) is 4. The molecule has 24 heavy (non-hydrogen) atoms. The summed E-state index contributed by atoms with van der Waals surface area (Å²) < 4.78 is 5.37. The van der Waals surface area contributed by atoms with Crippen molar-refractivity contribution in [2.75, 3.05) is 19.6 Å². The standard InChI is InChI=1S/C18H31N5O/c1-4-19-18(20-12-16-11-17(13(2)3)22-24-16)21-14-7-9-23(10-8-14)15-5-6-15/h11,13-15H,4-10,12H2,1-3H3,(H2,19,20,21). The summed E-state index contributed by atoms with van der Waals surface area (Å²) in [5, 5.41) is 11.0. The van der Waals surface area contributed by atoms with Crippen LogP contribution in [-0.4, -0.2) is 47.7 Å². The molecule has 0 unspecified atom stereocenters. The lowest BCUT2D eigenvalue weighted by molar-refractivity contribution is 0.197. The van der Waals surface area contributed by atoms with Gasteiger partial charge in [-0.3, -0.25) is 0 Å². The maximum absolute atomic E-state index is 5.37. The number of hydrogen-bond donors (Lipinski definition) is 2. The van der Waals surface area contributed by atoms with Crippen molar-refractivity contribution in [3.63, 3.8) is 0 Å². The van der Waals surface area contributed by atoms with Gasteiger partial charge in [0.1, 0.15) is 6.54 Å². The van der Waals surface area contributed by atoms with Crippen LogP contribution in [0.2, 0.25) is 0 Å². The van der Waals surface area contributed by atoms with E-state index in [0.29, 0.717) is 18.5 Å². The second kappa shape index (κ2) is 8.01. The fourth-order valence-corrected chi connectivity index (χ4v) is 3.19. The molecule has 1 aliphatic carbocycles. The average Bonchev–Trinajstić information content (AvgIpc) is 3.31. The molecule has 2 aliphatic rings. The van der Waals surface area contributed by atoms with Gasteiger partial charge < -0.3 is 20.1 Å². The van der Waals surface area contributed by atoms with Crippen molar-refractivity contribution in [3.8, 4) is 0 Å². The Morgan fingerprint density at radius 3 is 2.67 bits per heavy atom. The summed E-state index contributed by atoms with van der Waals surface area (Å²) in [4.78, 5) is 7.31. The summed E-state index contributed by atoms with van der Waals surface area (Å²) in [6.07, 6.45) is 5.19. The third-order valence-corrected chi connectivity index (χ3v) is 4.84. The SMILES string of the molecule is CCNC(=NCc1cc(C(C)C)no1)NC1CCN(C2CC2)CC1. The molecular formula is C18H31N5O. The van der Waals surface area contributed by atoms with Crippen LogP contribution < -0.4 is 10.6 Å². The van der Waals surface area contributed by atoms with Crippen LogP contribution in [0.15, 0.2) is 15.6 Å². The maximum Gasteiger partial charge on any atom is 0.191 e. The molecule has 134 valence electrons. The minimum absolute atomic E-state index is 0.384. The largest absolute Gasteiger partial charge is 0.359 e. The Balaban J connectivity index is 1.51. The molecule has 0 atom stereocenters. The van der Waals surface area contributed by atoms with Crippen LogP contribution in [0.25, 0.3) is 0 Å². The van der Waals surface area contributed by atoms with Crippen LogP contribution in [0.5, 0.6) is 0 Å². The van der Waals surface area contributed by atoms with Crippen LogP contribution >= 0.6 is 0 Å². The van der Waals surface area contributed by atoms with Crippen molar-refractivity contribution in [2.45, 2.75) is 71.0 Å². The number of nitrogens with zero attached hydrogens (tertiary/aromatic N) is 3. The topological polar surface area (TPSA) is 65.7 Å². The summed E-state index contributed by atoms with van der Waals surface area (Å²) in [6, 6.07) is 3.40. The number of likely N-dealkylation sites (tertiary alicyclic amines) is 1. The average molecular weight is 333 g/mol. The Morgan fingerprint density at radius 2 is 2.08 bits per heavy atom. The lowest BCUT2D eigenvalue weighted by Crippen LogP contribution is -2.49. The normalized spacial score (nSPS) is 20.6. The minimum atomic E-state index is 0.384. The van der Waals surface area contributed by atoms with Gasteiger partial charge in [0, 0.05) is 37.8 Å². The van der Waals surface area contributed by atoms with E-state index in [1.165, 1.54) is 38.8 Å². The second-order valence-electron chi connectivity index (χ2n) is 7.25. The molecular weight excluding hydrogens is 302 g/mol. The number of guanidine groups is 1. The molecule has 1 aromatic rings. The molecule has 2 N–H and O–H groups in total. The maximum atomic E-state index is 5.37. The first-order valence-corrected chi connectivity index (χ1v) is 9.40. The highest BCUT2D eigenvalue weighted by Gasteiger charge is 2.31. The Morgan fingerprint density at radius 1 is 1.33 bits per heavy atom. The molecule has 6 nitrogen and oxygen atoms in total. The molecule has 0 bridgehead atoms.